The molecule has 0 spiro atoms. The van der Waals surface area contributed by atoms with E-state index in [1.165, 1.54) is 10.5 Å². The van der Waals surface area contributed by atoms with Crippen LogP contribution in [0.1, 0.15) is 81.9 Å². The van der Waals surface area contributed by atoms with Crippen molar-refractivity contribution in [3.05, 3.63) is 119 Å². The number of nitrogens with zero attached hydrogens (tertiary/aromatic N) is 2. The first-order chi connectivity index (χ1) is 20.7. The van der Waals surface area contributed by atoms with E-state index >= 15 is 0 Å². The summed E-state index contributed by atoms with van der Waals surface area (Å²) in [5, 5.41) is 0. The summed E-state index contributed by atoms with van der Waals surface area (Å²) in [7, 11) is 0. The number of anilines is 1. The van der Waals surface area contributed by atoms with Gasteiger partial charge in [0.25, 0.3) is 17.7 Å². The van der Waals surface area contributed by atoms with Crippen molar-refractivity contribution in [1.82, 2.24) is 4.90 Å². The van der Waals surface area contributed by atoms with Crippen LogP contribution in [0.5, 0.6) is 11.5 Å². The van der Waals surface area contributed by atoms with Crippen molar-refractivity contribution in [2.45, 2.75) is 72.4 Å². The topological polar surface area (TPSA) is 66.9 Å². The number of amides is 3. The quantitative estimate of drug-likeness (QED) is 0.205. The van der Waals surface area contributed by atoms with Gasteiger partial charge < -0.3 is 9.64 Å². The summed E-state index contributed by atoms with van der Waals surface area (Å²) in [6, 6.07) is 20.7. The van der Waals surface area contributed by atoms with Crippen molar-refractivity contribution in [2.24, 2.45) is 0 Å². The van der Waals surface area contributed by atoms with Gasteiger partial charge in [0.1, 0.15) is 11.5 Å². The van der Waals surface area contributed by atoms with E-state index in [9.17, 15) is 14.4 Å². The van der Waals surface area contributed by atoms with Gasteiger partial charge in [0.05, 0.1) is 5.69 Å². The van der Waals surface area contributed by atoms with Crippen molar-refractivity contribution in [3.63, 3.8) is 0 Å². The third-order valence-corrected chi connectivity index (χ3v) is 8.18. The lowest BCUT2D eigenvalue weighted by Gasteiger charge is -2.31. The average Bonchev–Trinajstić information content (AvgIpc) is 3.41. The maximum absolute atomic E-state index is 13.7. The van der Waals surface area contributed by atoms with Crippen LogP contribution in [0.3, 0.4) is 0 Å². The van der Waals surface area contributed by atoms with Crippen LogP contribution in [0.4, 0.5) is 5.69 Å². The summed E-state index contributed by atoms with van der Waals surface area (Å²) in [5.74, 6) is 0.603. The van der Waals surface area contributed by atoms with Gasteiger partial charge in [-0.15, -0.1) is 6.58 Å². The molecule has 0 radical (unpaired) electrons. The SMILES string of the molecule is C=CC/C(=C\C1=C(C)C(=O)N(c2ccc(Oc3ccc(C(C)(C)C)cc3)cc2)C1=O)c1ccc2c(c1)CN(C(C)(C)C)C2=O. The van der Waals surface area contributed by atoms with Crippen LogP contribution in [0.25, 0.3) is 5.57 Å². The summed E-state index contributed by atoms with van der Waals surface area (Å²) in [6.45, 7) is 18.7. The van der Waals surface area contributed by atoms with Gasteiger partial charge in [-0.2, -0.15) is 0 Å². The summed E-state index contributed by atoms with van der Waals surface area (Å²) >= 11 is 0. The number of carbonyl (C=O) groups excluding carboxylic acids is 3. The molecule has 0 fully saturated rings. The molecule has 3 aromatic carbocycles. The van der Waals surface area contributed by atoms with Gasteiger partial charge in [-0.1, -0.05) is 45.0 Å². The molecule has 0 aliphatic carbocycles. The second-order valence-corrected chi connectivity index (χ2v) is 13.5. The predicted octanol–water partition coefficient (Wildman–Crippen LogP) is 8.38. The zero-order valence-electron chi connectivity index (χ0n) is 26.7. The number of allylic oxidation sites excluding steroid dienone is 2. The Morgan fingerprint density at radius 1 is 0.841 bits per heavy atom. The molecule has 0 aromatic heterocycles. The van der Waals surface area contributed by atoms with Crippen molar-refractivity contribution < 1.29 is 19.1 Å². The second kappa shape index (κ2) is 11.4. The molecule has 2 heterocycles. The fourth-order valence-corrected chi connectivity index (χ4v) is 5.53. The lowest BCUT2D eigenvalue weighted by atomic mass is 9.87. The van der Waals surface area contributed by atoms with Crippen LogP contribution in [0, 0.1) is 0 Å². The van der Waals surface area contributed by atoms with Gasteiger partial charge >= 0.3 is 0 Å². The molecule has 0 saturated heterocycles. The molecule has 5 rings (SSSR count). The molecular formula is C38H40N2O4. The minimum atomic E-state index is -0.379. The molecule has 0 bridgehead atoms. The van der Waals surface area contributed by atoms with E-state index in [0.717, 1.165) is 16.7 Å². The molecule has 3 amide bonds. The number of benzene rings is 3. The van der Waals surface area contributed by atoms with E-state index in [0.29, 0.717) is 46.9 Å². The number of imide groups is 1. The maximum Gasteiger partial charge on any atom is 0.265 e. The smallest absolute Gasteiger partial charge is 0.265 e. The van der Waals surface area contributed by atoms with Crippen molar-refractivity contribution in [3.8, 4) is 11.5 Å². The number of fused-ring (bicyclic) bond motifs is 1. The third kappa shape index (κ3) is 5.89. The Labute approximate surface area is 260 Å². The van der Waals surface area contributed by atoms with E-state index in [1.807, 2.05) is 56.0 Å². The molecule has 44 heavy (non-hydrogen) atoms. The van der Waals surface area contributed by atoms with Gasteiger partial charge in [-0.25, -0.2) is 4.90 Å². The van der Waals surface area contributed by atoms with Gasteiger partial charge in [0.2, 0.25) is 0 Å². The Morgan fingerprint density at radius 2 is 1.45 bits per heavy atom. The molecule has 0 unspecified atom stereocenters. The molecule has 0 N–H and O–H groups in total. The van der Waals surface area contributed by atoms with E-state index in [2.05, 4.69) is 39.5 Å². The highest BCUT2D eigenvalue weighted by Gasteiger charge is 2.37. The second-order valence-electron chi connectivity index (χ2n) is 13.5. The van der Waals surface area contributed by atoms with Crippen molar-refractivity contribution in [1.29, 1.82) is 0 Å². The van der Waals surface area contributed by atoms with Crippen LogP contribution in [-0.2, 0) is 21.5 Å². The highest BCUT2D eigenvalue weighted by molar-refractivity contribution is 6.34. The fourth-order valence-electron chi connectivity index (χ4n) is 5.53. The monoisotopic (exact) mass is 588 g/mol. The van der Waals surface area contributed by atoms with Crippen LogP contribution in [0.2, 0.25) is 0 Å². The first-order valence-corrected chi connectivity index (χ1v) is 14.9. The van der Waals surface area contributed by atoms with Gasteiger partial charge in [-0.05, 0) is 116 Å². The zero-order chi connectivity index (χ0) is 32.0. The number of carbonyl (C=O) groups is 3. The molecule has 2 aliphatic rings. The molecule has 226 valence electrons. The third-order valence-electron chi connectivity index (χ3n) is 8.18. The summed E-state index contributed by atoms with van der Waals surface area (Å²) < 4.78 is 6.01. The van der Waals surface area contributed by atoms with E-state index in [1.54, 1.807) is 43.3 Å². The van der Waals surface area contributed by atoms with Crippen molar-refractivity contribution >= 4 is 29.0 Å². The largest absolute Gasteiger partial charge is 0.457 e. The Bertz CT molecular complexity index is 1710. The highest BCUT2D eigenvalue weighted by Crippen LogP contribution is 2.35. The molecule has 2 aliphatic heterocycles. The normalized spacial score (nSPS) is 15.8. The number of rotatable bonds is 7. The molecule has 6 nitrogen and oxygen atoms in total. The minimum absolute atomic E-state index is 0.0222. The Morgan fingerprint density at radius 3 is 2.02 bits per heavy atom. The zero-order valence-corrected chi connectivity index (χ0v) is 26.7. The predicted molar refractivity (Wildman–Crippen MR) is 176 cm³/mol. The molecule has 3 aromatic rings. The number of ether oxygens (including phenoxy) is 1. The molecule has 0 atom stereocenters. The van der Waals surface area contributed by atoms with E-state index in [4.69, 9.17) is 4.74 Å². The Kier molecular flexibility index (Phi) is 7.98. The van der Waals surface area contributed by atoms with Crippen molar-refractivity contribution in [2.75, 3.05) is 4.90 Å². The minimum Gasteiger partial charge on any atom is -0.457 e. The van der Waals surface area contributed by atoms with Crippen LogP contribution < -0.4 is 9.64 Å². The summed E-state index contributed by atoms with van der Waals surface area (Å²) in [4.78, 5) is 43.0. The Hall–Kier alpha value is -4.71. The lowest BCUT2D eigenvalue weighted by Crippen LogP contribution is -2.41. The van der Waals surface area contributed by atoms with Gasteiger partial charge in [0.15, 0.2) is 0 Å². The van der Waals surface area contributed by atoms with E-state index < -0.39 is 0 Å². The fraction of sp³-hybridized carbons (Fsp3) is 0.289. The van der Waals surface area contributed by atoms with Crippen LogP contribution in [0.15, 0.2) is 96.6 Å². The standard InChI is InChI=1S/C38H40N2O4/c1-9-10-25(26-11-20-32-27(21-26)23-39(35(32)42)38(6,7)8)22-33-24(2)34(41)40(36(33)43)29-14-18-31(19-15-29)44-30-16-12-28(13-17-30)37(3,4)5/h9,11-22H,1,10,23H2,2-8H3/b25-22+. The lowest BCUT2D eigenvalue weighted by molar-refractivity contribution is -0.120. The molecular weight excluding hydrogens is 548 g/mol. The van der Waals surface area contributed by atoms with Crippen LogP contribution in [-0.4, -0.2) is 28.2 Å². The first kappa shape index (κ1) is 30.7. The molecule has 0 saturated carbocycles. The first-order valence-electron chi connectivity index (χ1n) is 14.9. The number of hydrogen-bond donors (Lipinski definition) is 0. The molecule has 6 heteroatoms. The summed E-state index contributed by atoms with van der Waals surface area (Å²) in [6.07, 6.45) is 4.06. The van der Waals surface area contributed by atoms with Gasteiger partial charge in [-0.3, -0.25) is 14.4 Å². The number of hydrogen-bond acceptors (Lipinski definition) is 4. The Balaban J connectivity index is 1.37. The van der Waals surface area contributed by atoms with Crippen LogP contribution >= 0.6 is 0 Å². The van der Waals surface area contributed by atoms with E-state index in [-0.39, 0.29) is 28.7 Å². The summed E-state index contributed by atoms with van der Waals surface area (Å²) in [5.41, 5.74) is 5.57. The van der Waals surface area contributed by atoms with Gasteiger partial charge in [0, 0.05) is 28.8 Å². The maximum atomic E-state index is 13.7. The average molecular weight is 589 g/mol. The highest BCUT2D eigenvalue weighted by atomic mass is 16.5.